The quantitative estimate of drug-likeness (QED) is 0.877. The number of nitrogens with one attached hydrogen (secondary N) is 1. The SMILES string of the molecule is Cc1cc(Cl)c(Br)cc1CC1CCNC1. The first-order valence-corrected chi connectivity index (χ1v) is 6.49. The Bertz CT molecular complexity index is 359. The average molecular weight is 289 g/mol. The van der Waals surface area contributed by atoms with Crippen molar-refractivity contribution in [2.75, 3.05) is 13.1 Å². The van der Waals surface area contributed by atoms with Crippen molar-refractivity contribution in [2.24, 2.45) is 5.92 Å². The normalized spacial score (nSPS) is 20.9. The second kappa shape index (κ2) is 4.86. The van der Waals surface area contributed by atoms with Gasteiger partial charge in [-0.25, -0.2) is 0 Å². The largest absolute Gasteiger partial charge is 0.316 e. The Morgan fingerprint density at radius 1 is 1.53 bits per heavy atom. The number of halogens is 2. The highest BCUT2D eigenvalue weighted by Crippen LogP contribution is 2.28. The molecule has 0 aromatic heterocycles. The van der Waals surface area contributed by atoms with E-state index in [1.807, 2.05) is 6.07 Å². The molecule has 15 heavy (non-hydrogen) atoms. The van der Waals surface area contributed by atoms with Gasteiger partial charge in [-0.3, -0.25) is 0 Å². The zero-order valence-corrected chi connectivity index (χ0v) is 11.2. The Kier molecular flexibility index (Phi) is 3.70. The van der Waals surface area contributed by atoms with Gasteiger partial charge in [0.1, 0.15) is 0 Å². The molecule has 1 aliphatic heterocycles. The highest BCUT2D eigenvalue weighted by molar-refractivity contribution is 9.10. The van der Waals surface area contributed by atoms with Crippen molar-refractivity contribution in [1.82, 2.24) is 5.32 Å². The Labute approximate surface area is 104 Å². The van der Waals surface area contributed by atoms with Crippen LogP contribution in [0.25, 0.3) is 0 Å². The summed E-state index contributed by atoms with van der Waals surface area (Å²) in [5.74, 6) is 0.789. The standard InChI is InChI=1S/C12H15BrClN/c1-8-4-12(14)11(13)6-10(8)5-9-2-3-15-7-9/h4,6,9,15H,2-3,5,7H2,1H3. The summed E-state index contributed by atoms with van der Waals surface area (Å²) in [6, 6.07) is 4.21. The summed E-state index contributed by atoms with van der Waals surface area (Å²) in [6.45, 7) is 4.45. The number of rotatable bonds is 2. The van der Waals surface area contributed by atoms with E-state index < -0.39 is 0 Å². The van der Waals surface area contributed by atoms with E-state index in [9.17, 15) is 0 Å². The minimum Gasteiger partial charge on any atom is -0.316 e. The van der Waals surface area contributed by atoms with Gasteiger partial charge < -0.3 is 5.32 Å². The summed E-state index contributed by atoms with van der Waals surface area (Å²) >= 11 is 9.53. The zero-order valence-electron chi connectivity index (χ0n) is 8.82. The monoisotopic (exact) mass is 287 g/mol. The lowest BCUT2D eigenvalue weighted by molar-refractivity contribution is 0.578. The fraction of sp³-hybridized carbons (Fsp3) is 0.500. The van der Waals surface area contributed by atoms with Gasteiger partial charge in [0.05, 0.1) is 5.02 Å². The predicted octanol–water partition coefficient (Wildman–Crippen LogP) is 3.56. The van der Waals surface area contributed by atoms with Crippen LogP contribution in [0.15, 0.2) is 16.6 Å². The molecule has 0 aliphatic carbocycles. The molecule has 0 spiro atoms. The first kappa shape index (κ1) is 11.4. The lowest BCUT2D eigenvalue weighted by Gasteiger charge is -2.12. The smallest absolute Gasteiger partial charge is 0.0550 e. The van der Waals surface area contributed by atoms with Crippen molar-refractivity contribution in [1.29, 1.82) is 0 Å². The molecule has 82 valence electrons. The van der Waals surface area contributed by atoms with E-state index in [2.05, 4.69) is 34.2 Å². The predicted molar refractivity (Wildman–Crippen MR) is 68.6 cm³/mol. The molecule has 1 atom stereocenters. The summed E-state index contributed by atoms with van der Waals surface area (Å²) in [4.78, 5) is 0. The third-order valence-electron chi connectivity index (χ3n) is 3.05. The first-order chi connectivity index (χ1) is 7.16. The van der Waals surface area contributed by atoms with Crippen molar-refractivity contribution >= 4 is 27.5 Å². The third kappa shape index (κ3) is 2.74. The van der Waals surface area contributed by atoms with Crippen LogP contribution in [0.2, 0.25) is 5.02 Å². The zero-order chi connectivity index (χ0) is 10.8. The van der Waals surface area contributed by atoms with Gasteiger partial charge in [0.15, 0.2) is 0 Å². The summed E-state index contributed by atoms with van der Waals surface area (Å²) < 4.78 is 1.01. The first-order valence-electron chi connectivity index (χ1n) is 5.32. The van der Waals surface area contributed by atoms with Crippen LogP contribution in [0.3, 0.4) is 0 Å². The summed E-state index contributed by atoms with van der Waals surface area (Å²) in [7, 11) is 0. The van der Waals surface area contributed by atoms with E-state index in [1.54, 1.807) is 0 Å². The van der Waals surface area contributed by atoms with Gasteiger partial charge in [-0.15, -0.1) is 0 Å². The van der Waals surface area contributed by atoms with Crippen LogP contribution in [-0.4, -0.2) is 13.1 Å². The van der Waals surface area contributed by atoms with Crippen molar-refractivity contribution in [2.45, 2.75) is 19.8 Å². The van der Waals surface area contributed by atoms with E-state index in [1.165, 1.54) is 24.1 Å². The van der Waals surface area contributed by atoms with E-state index >= 15 is 0 Å². The summed E-state index contributed by atoms with van der Waals surface area (Å²) in [5, 5.41) is 4.21. The fourth-order valence-corrected chi connectivity index (χ4v) is 2.72. The molecule has 1 heterocycles. The van der Waals surface area contributed by atoms with Crippen LogP contribution in [0.1, 0.15) is 17.5 Å². The maximum atomic E-state index is 6.04. The molecule has 1 aromatic carbocycles. The molecule has 0 amide bonds. The van der Waals surface area contributed by atoms with E-state index in [4.69, 9.17) is 11.6 Å². The lowest BCUT2D eigenvalue weighted by atomic mass is 9.96. The Morgan fingerprint density at radius 3 is 3.00 bits per heavy atom. The van der Waals surface area contributed by atoms with Crippen LogP contribution < -0.4 is 5.32 Å². The topological polar surface area (TPSA) is 12.0 Å². The Balaban J connectivity index is 2.16. The second-order valence-corrected chi connectivity index (χ2v) is 5.52. The molecule has 2 rings (SSSR count). The molecule has 0 radical (unpaired) electrons. The van der Waals surface area contributed by atoms with Gasteiger partial charge >= 0.3 is 0 Å². The van der Waals surface area contributed by atoms with Crippen LogP contribution >= 0.6 is 27.5 Å². The Morgan fingerprint density at radius 2 is 2.33 bits per heavy atom. The maximum absolute atomic E-state index is 6.04. The molecule has 1 N–H and O–H groups in total. The number of benzene rings is 1. The lowest BCUT2D eigenvalue weighted by Crippen LogP contribution is -2.11. The highest BCUT2D eigenvalue weighted by atomic mass is 79.9. The molecular formula is C12H15BrClN. The van der Waals surface area contributed by atoms with Crippen LogP contribution in [0.4, 0.5) is 0 Å². The van der Waals surface area contributed by atoms with Gasteiger partial charge in [0, 0.05) is 4.47 Å². The summed E-state index contributed by atoms with van der Waals surface area (Å²) in [5.41, 5.74) is 2.72. The molecule has 0 bridgehead atoms. The van der Waals surface area contributed by atoms with E-state index in [0.717, 1.165) is 28.4 Å². The number of aryl methyl sites for hydroxylation is 1. The molecule has 3 heteroatoms. The fourth-order valence-electron chi connectivity index (χ4n) is 2.11. The second-order valence-electron chi connectivity index (χ2n) is 4.26. The van der Waals surface area contributed by atoms with Crippen LogP contribution in [0, 0.1) is 12.8 Å². The van der Waals surface area contributed by atoms with Gasteiger partial charge in [0.25, 0.3) is 0 Å². The molecule has 1 aromatic rings. The molecule has 1 saturated heterocycles. The van der Waals surface area contributed by atoms with Gasteiger partial charge in [-0.2, -0.15) is 0 Å². The van der Waals surface area contributed by atoms with Gasteiger partial charge in [-0.05, 0) is 78.0 Å². The molecule has 1 unspecified atom stereocenters. The number of hydrogen-bond acceptors (Lipinski definition) is 1. The number of hydrogen-bond donors (Lipinski definition) is 1. The minimum atomic E-state index is 0.789. The van der Waals surface area contributed by atoms with Gasteiger partial charge in [-0.1, -0.05) is 11.6 Å². The Hall–Kier alpha value is -0.0500. The molecule has 1 aliphatic rings. The minimum absolute atomic E-state index is 0.789. The van der Waals surface area contributed by atoms with Gasteiger partial charge in [0.2, 0.25) is 0 Å². The van der Waals surface area contributed by atoms with Crippen molar-refractivity contribution in [3.63, 3.8) is 0 Å². The van der Waals surface area contributed by atoms with Crippen LogP contribution in [0.5, 0.6) is 0 Å². The molecular weight excluding hydrogens is 273 g/mol. The summed E-state index contributed by atoms with van der Waals surface area (Å²) in [6.07, 6.45) is 2.45. The van der Waals surface area contributed by atoms with Crippen molar-refractivity contribution in [3.05, 3.63) is 32.8 Å². The maximum Gasteiger partial charge on any atom is 0.0550 e. The molecule has 1 nitrogen and oxygen atoms in total. The van der Waals surface area contributed by atoms with E-state index in [0.29, 0.717) is 0 Å². The third-order valence-corrected chi connectivity index (χ3v) is 4.25. The molecule has 0 saturated carbocycles. The highest BCUT2D eigenvalue weighted by Gasteiger charge is 2.16. The average Bonchev–Trinajstić information content (AvgIpc) is 2.67. The molecule has 1 fully saturated rings. The van der Waals surface area contributed by atoms with Crippen molar-refractivity contribution in [3.8, 4) is 0 Å². The van der Waals surface area contributed by atoms with Crippen LogP contribution in [-0.2, 0) is 6.42 Å². The van der Waals surface area contributed by atoms with E-state index in [-0.39, 0.29) is 0 Å². The van der Waals surface area contributed by atoms with Crippen molar-refractivity contribution < 1.29 is 0 Å².